The molecular formula is C27H33N6O11+. The lowest BCUT2D eigenvalue weighted by molar-refractivity contribution is -0.960. The molecule has 0 spiro atoms. The summed E-state index contributed by atoms with van der Waals surface area (Å²) in [6.07, 6.45) is 7.40. The van der Waals surface area contributed by atoms with Crippen LogP contribution in [0.15, 0.2) is 18.2 Å². The Labute approximate surface area is 251 Å². The highest BCUT2D eigenvalue weighted by Crippen LogP contribution is 2.25. The van der Waals surface area contributed by atoms with Crippen LogP contribution in [0.4, 0.5) is 5.69 Å². The number of nitrogens with zero attached hydrogens (tertiary/aromatic N) is 1. The normalized spacial score (nSPS) is 18.6. The molecular weight excluding hydrogens is 584 g/mol. The number of hydrogen-bond acceptors (Lipinski definition) is 11. The van der Waals surface area contributed by atoms with Gasteiger partial charge in [-0.25, -0.2) is 4.89 Å². The molecule has 0 bridgehead atoms. The molecule has 1 aromatic rings. The van der Waals surface area contributed by atoms with E-state index in [0.29, 0.717) is 19.4 Å². The number of fused-ring (bicyclic) bond motifs is 1. The minimum absolute atomic E-state index is 0.0843. The predicted molar refractivity (Wildman–Crippen MR) is 148 cm³/mol. The van der Waals surface area contributed by atoms with E-state index in [1.165, 1.54) is 11.5 Å². The van der Waals surface area contributed by atoms with Gasteiger partial charge in [0.2, 0.25) is 17.7 Å². The van der Waals surface area contributed by atoms with Crippen LogP contribution >= 0.6 is 0 Å². The summed E-state index contributed by atoms with van der Waals surface area (Å²) in [5, 5.41) is 18.9. The van der Waals surface area contributed by atoms with Gasteiger partial charge in [0.25, 0.3) is 11.6 Å². The van der Waals surface area contributed by atoms with Gasteiger partial charge >= 0.3 is 5.97 Å². The minimum atomic E-state index is -1.37. The first kappa shape index (κ1) is 34.8. The molecule has 0 aliphatic carbocycles. The number of nitrogens with one attached hydrogen (secondary N) is 3. The fraction of sp³-hybridized carbons (Fsp3) is 0.444. The maximum absolute atomic E-state index is 13.4. The molecule has 17 nitrogen and oxygen atoms in total. The number of hydroxylamine groups is 1. The van der Waals surface area contributed by atoms with E-state index < -0.39 is 58.3 Å². The third-order valence-corrected chi connectivity index (χ3v) is 6.21. The zero-order chi connectivity index (χ0) is 32.5. The second-order valence-corrected chi connectivity index (χ2v) is 9.24. The fourth-order valence-corrected chi connectivity index (χ4v) is 3.92. The first-order valence-electron chi connectivity index (χ1n) is 13.4. The van der Waals surface area contributed by atoms with Crippen LogP contribution in [0.1, 0.15) is 48.9 Å². The van der Waals surface area contributed by atoms with E-state index in [-0.39, 0.29) is 43.6 Å². The van der Waals surface area contributed by atoms with Crippen molar-refractivity contribution in [3.05, 3.63) is 33.9 Å². The molecule has 0 saturated carbocycles. The van der Waals surface area contributed by atoms with Gasteiger partial charge in [-0.05, 0) is 37.7 Å². The third kappa shape index (κ3) is 11.5. The molecule has 7 N–H and O–H groups in total. The number of hydrogen-bond donors (Lipinski definition) is 5. The molecule has 0 radical (unpaired) electrons. The molecule has 0 fully saturated rings. The van der Waals surface area contributed by atoms with E-state index in [2.05, 4.69) is 37.6 Å². The predicted octanol–water partition coefficient (Wildman–Crippen LogP) is -1.93. The summed E-state index contributed by atoms with van der Waals surface area (Å²) in [6, 6.07) is -0.498. The zero-order valence-electron chi connectivity index (χ0n) is 23.8. The van der Waals surface area contributed by atoms with E-state index in [1.807, 2.05) is 5.92 Å². The quantitative estimate of drug-likeness (QED) is 0.0432. The molecule has 2 rings (SSSR count). The number of quaternary nitrogens is 1. The lowest BCUT2D eigenvalue weighted by Crippen LogP contribution is -2.82. The summed E-state index contributed by atoms with van der Waals surface area (Å²) >= 11 is 0. The molecule has 236 valence electrons. The lowest BCUT2D eigenvalue weighted by atomic mass is 10.0. The van der Waals surface area contributed by atoms with Gasteiger partial charge < -0.3 is 31.2 Å². The number of rotatable bonds is 12. The second kappa shape index (κ2) is 18.2. The SMILES string of the molecule is C#CC#COO[NH2+]CCCC[C@H]1NC(=O)[C@H](CCC(=O)OC)NC(=O)c2cc([N+](=O)[O-])ccc2OCCC(C(N)=O)NC1=O. The van der Waals surface area contributed by atoms with Crippen LogP contribution < -0.4 is 31.9 Å². The highest BCUT2D eigenvalue weighted by atomic mass is 17.3. The number of terminal acetylenes is 1. The van der Waals surface area contributed by atoms with Gasteiger partial charge in [-0.15, -0.1) is 6.42 Å². The van der Waals surface area contributed by atoms with Crippen molar-refractivity contribution in [3.63, 3.8) is 0 Å². The number of nitro groups is 1. The molecule has 0 aromatic heterocycles. The number of non-ortho nitro benzene ring substituents is 1. The smallest absolute Gasteiger partial charge is 0.305 e. The molecule has 1 heterocycles. The maximum Gasteiger partial charge on any atom is 0.305 e. The number of primary amides is 1. The maximum atomic E-state index is 13.4. The second-order valence-electron chi connectivity index (χ2n) is 9.24. The average Bonchev–Trinajstić information content (AvgIpc) is 2.99. The molecule has 17 heteroatoms. The molecule has 1 unspecified atom stereocenters. The fourth-order valence-electron chi connectivity index (χ4n) is 3.92. The third-order valence-electron chi connectivity index (χ3n) is 6.21. The van der Waals surface area contributed by atoms with E-state index in [0.717, 1.165) is 19.2 Å². The number of carbonyl (C=O) groups is 5. The highest BCUT2D eigenvalue weighted by molar-refractivity contribution is 6.01. The number of benzene rings is 1. The van der Waals surface area contributed by atoms with Gasteiger partial charge in [-0.1, -0.05) is 0 Å². The first-order valence-corrected chi connectivity index (χ1v) is 13.4. The van der Waals surface area contributed by atoms with Crippen molar-refractivity contribution in [2.45, 2.75) is 56.7 Å². The van der Waals surface area contributed by atoms with Crippen molar-refractivity contribution in [2.24, 2.45) is 5.73 Å². The van der Waals surface area contributed by atoms with Gasteiger partial charge in [0.15, 0.2) is 6.11 Å². The van der Waals surface area contributed by atoms with Crippen LogP contribution in [0.2, 0.25) is 0 Å². The molecule has 0 saturated heterocycles. The van der Waals surface area contributed by atoms with E-state index in [4.69, 9.17) is 21.9 Å². The minimum Gasteiger partial charge on any atom is -0.493 e. The number of ether oxygens (including phenoxy) is 2. The first-order chi connectivity index (χ1) is 21.1. The number of amides is 4. The Morgan fingerprint density at radius 3 is 2.57 bits per heavy atom. The van der Waals surface area contributed by atoms with Crippen molar-refractivity contribution in [1.82, 2.24) is 16.0 Å². The number of nitrogens with two attached hydrogens (primary N) is 2. The molecule has 1 aromatic carbocycles. The van der Waals surface area contributed by atoms with Gasteiger partial charge in [-0.2, -0.15) is 5.48 Å². The summed E-state index contributed by atoms with van der Waals surface area (Å²) < 4.78 is 10.3. The number of esters is 1. The monoisotopic (exact) mass is 617 g/mol. The largest absolute Gasteiger partial charge is 0.493 e. The van der Waals surface area contributed by atoms with Gasteiger partial charge in [-0.3, -0.25) is 34.1 Å². The van der Waals surface area contributed by atoms with E-state index in [9.17, 15) is 34.1 Å². The topological polar surface area (TPSA) is 244 Å². The van der Waals surface area contributed by atoms with E-state index >= 15 is 0 Å². The Bertz CT molecular complexity index is 1330. The molecule has 1 aliphatic heterocycles. The van der Waals surface area contributed by atoms with E-state index in [1.54, 1.807) is 0 Å². The number of unbranched alkanes of at least 4 members (excludes halogenated alkanes) is 1. The summed E-state index contributed by atoms with van der Waals surface area (Å²) in [6.45, 7) is 0.170. The van der Waals surface area contributed by atoms with Crippen molar-refractivity contribution in [1.29, 1.82) is 0 Å². The lowest BCUT2D eigenvalue weighted by Gasteiger charge is -2.26. The molecule has 3 atom stereocenters. The van der Waals surface area contributed by atoms with Crippen LogP contribution in [0.25, 0.3) is 0 Å². The molecule has 44 heavy (non-hydrogen) atoms. The summed E-state index contributed by atoms with van der Waals surface area (Å²) in [4.78, 5) is 83.7. The van der Waals surface area contributed by atoms with Crippen LogP contribution in [0, 0.1) is 34.5 Å². The Morgan fingerprint density at radius 1 is 1.16 bits per heavy atom. The standard InChI is InChI=1S/C27H32N6O11/c1-3-4-14-43-44-29-13-6-5-7-20-26(37)30-19(24(28)35)12-15-42-22-10-8-17(33(39)40)16-18(22)25(36)31-21(27(38)32-20)9-11-23(34)41-2/h1,8,10,16,19-21,29H,5-7,9,11-13,15H2,2H3,(H2,28,35)(H,30,37)(H,31,36)(H,32,38)/p+1/t19?,20-,21+/m1/s1. The zero-order valence-corrected chi connectivity index (χ0v) is 23.8. The molecule has 4 amide bonds. The van der Waals surface area contributed by atoms with Crippen molar-refractivity contribution in [3.8, 4) is 30.1 Å². The van der Waals surface area contributed by atoms with Crippen molar-refractivity contribution in [2.75, 3.05) is 20.3 Å². The van der Waals surface area contributed by atoms with Gasteiger partial charge in [0, 0.05) is 35.9 Å². The van der Waals surface area contributed by atoms with Crippen molar-refractivity contribution < 1.29 is 53.7 Å². The van der Waals surface area contributed by atoms with Crippen LogP contribution in [-0.4, -0.2) is 72.9 Å². The summed E-state index contributed by atoms with van der Waals surface area (Å²) in [5.41, 5.74) is 6.11. The number of carbonyl (C=O) groups excluding carboxylic acids is 5. The summed E-state index contributed by atoms with van der Waals surface area (Å²) in [5.74, 6) is 0.130. The Hall–Kier alpha value is -5.39. The van der Waals surface area contributed by atoms with Crippen LogP contribution in [-0.2, 0) is 33.8 Å². The average molecular weight is 618 g/mol. The van der Waals surface area contributed by atoms with Gasteiger partial charge in [0.1, 0.15) is 30.4 Å². The summed E-state index contributed by atoms with van der Waals surface area (Å²) in [7, 11) is 1.15. The van der Waals surface area contributed by atoms with Crippen LogP contribution in [0.5, 0.6) is 5.75 Å². The van der Waals surface area contributed by atoms with Gasteiger partial charge in [0.05, 0.1) is 24.2 Å². The Kier molecular flexibility index (Phi) is 14.4. The number of methoxy groups -OCH3 is 1. The Morgan fingerprint density at radius 2 is 1.89 bits per heavy atom. The molecule has 1 aliphatic rings. The van der Waals surface area contributed by atoms with Crippen LogP contribution in [0.3, 0.4) is 0 Å². The van der Waals surface area contributed by atoms with Crippen molar-refractivity contribution >= 4 is 35.3 Å². The Balaban J connectivity index is 2.32. The number of nitro benzene ring substituents is 1. The highest BCUT2D eigenvalue weighted by Gasteiger charge is 2.31.